The van der Waals surface area contributed by atoms with Gasteiger partial charge >= 0.3 is 0 Å². The number of halogens is 2. The maximum atomic E-state index is 14.0. The summed E-state index contributed by atoms with van der Waals surface area (Å²) in [5.74, 6) is -1.70. The summed E-state index contributed by atoms with van der Waals surface area (Å²) in [5.41, 5.74) is 1.71. The van der Waals surface area contributed by atoms with Crippen molar-refractivity contribution in [2.45, 2.75) is 51.0 Å². The highest BCUT2D eigenvalue weighted by Gasteiger charge is 2.45. The Morgan fingerprint density at radius 2 is 2.03 bits per heavy atom. The van der Waals surface area contributed by atoms with Crippen LogP contribution >= 0.6 is 0 Å². The summed E-state index contributed by atoms with van der Waals surface area (Å²) in [4.78, 5) is 13.3. The number of hydrogen-bond donors (Lipinski definition) is 1. The molecule has 0 amide bonds. The summed E-state index contributed by atoms with van der Waals surface area (Å²) in [6, 6.07) is 10.7. The molecule has 0 aliphatic heterocycles. The zero-order valence-corrected chi connectivity index (χ0v) is 16.3. The second kappa shape index (κ2) is 7.03. The first-order chi connectivity index (χ1) is 13.9. The molecule has 1 saturated carbocycles. The van der Waals surface area contributed by atoms with Crippen molar-refractivity contribution in [1.29, 1.82) is 5.26 Å². The van der Waals surface area contributed by atoms with Gasteiger partial charge in [0, 0.05) is 24.7 Å². The van der Waals surface area contributed by atoms with Gasteiger partial charge in [0.05, 0.1) is 16.9 Å². The molecule has 0 unspecified atom stereocenters. The molecule has 0 atom stereocenters. The molecule has 4 rings (SSSR count). The average molecular weight is 393 g/mol. The molecule has 0 saturated heterocycles. The number of nitrogens with zero attached hydrogens (tertiary/aromatic N) is 4. The molecule has 1 fully saturated rings. The molecule has 7 heteroatoms. The highest BCUT2D eigenvalue weighted by molar-refractivity contribution is 5.87. The lowest BCUT2D eigenvalue weighted by atomic mass is 9.99. The number of aromatic nitrogens is 3. The highest BCUT2D eigenvalue weighted by atomic mass is 19.3. The quantitative estimate of drug-likeness (QED) is 0.638. The van der Waals surface area contributed by atoms with Crippen molar-refractivity contribution in [2.75, 3.05) is 5.32 Å². The standard InChI is InChI=1S/C22H21F2N5/c1-3-22(23,24)16-6-4-5-15(9-16)11-26-19-18-10-17(21(13-25)7-8-21)12-27-20(18)29-14(2)28-19/h4-6,9-10,12H,3,7-8,11H2,1-2H3,(H,26,27,28,29). The highest BCUT2D eigenvalue weighted by Crippen LogP contribution is 2.47. The van der Waals surface area contributed by atoms with Gasteiger partial charge in [-0.2, -0.15) is 5.26 Å². The van der Waals surface area contributed by atoms with Crippen molar-refractivity contribution in [3.63, 3.8) is 0 Å². The Hall–Kier alpha value is -3.14. The van der Waals surface area contributed by atoms with E-state index < -0.39 is 11.3 Å². The number of nitrogens with one attached hydrogen (secondary N) is 1. The van der Waals surface area contributed by atoms with E-state index in [1.807, 2.05) is 6.07 Å². The van der Waals surface area contributed by atoms with Crippen LogP contribution in [0.15, 0.2) is 36.5 Å². The van der Waals surface area contributed by atoms with Gasteiger partial charge in [0.25, 0.3) is 5.92 Å². The van der Waals surface area contributed by atoms with E-state index >= 15 is 0 Å². The molecule has 0 bridgehead atoms. The monoisotopic (exact) mass is 393 g/mol. The summed E-state index contributed by atoms with van der Waals surface area (Å²) >= 11 is 0. The van der Waals surface area contributed by atoms with Crippen LogP contribution in [0.3, 0.4) is 0 Å². The number of alkyl halides is 2. The zero-order valence-electron chi connectivity index (χ0n) is 16.3. The van der Waals surface area contributed by atoms with E-state index in [0.717, 1.165) is 29.4 Å². The van der Waals surface area contributed by atoms with Crippen molar-refractivity contribution >= 4 is 16.9 Å². The van der Waals surface area contributed by atoms with Crippen LogP contribution in [-0.2, 0) is 17.9 Å². The summed E-state index contributed by atoms with van der Waals surface area (Å²) < 4.78 is 28.0. The Labute approximate surface area is 167 Å². The van der Waals surface area contributed by atoms with Gasteiger partial charge < -0.3 is 5.32 Å². The van der Waals surface area contributed by atoms with Gasteiger partial charge in [-0.15, -0.1) is 0 Å². The third kappa shape index (κ3) is 3.63. The van der Waals surface area contributed by atoms with Crippen LogP contribution in [0.1, 0.15) is 48.7 Å². The number of anilines is 1. The van der Waals surface area contributed by atoms with E-state index in [1.165, 1.54) is 19.1 Å². The van der Waals surface area contributed by atoms with Crippen LogP contribution in [0.25, 0.3) is 11.0 Å². The molecule has 148 valence electrons. The molecular formula is C22H21F2N5. The van der Waals surface area contributed by atoms with E-state index in [9.17, 15) is 14.0 Å². The van der Waals surface area contributed by atoms with Gasteiger partial charge in [-0.25, -0.2) is 23.7 Å². The Bertz CT molecular complexity index is 1120. The van der Waals surface area contributed by atoms with Gasteiger partial charge in [-0.1, -0.05) is 25.1 Å². The zero-order chi connectivity index (χ0) is 20.6. The molecule has 2 heterocycles. The normalized spacial score (nSPS) is 15.1. The minimum absolute atomic E-state index is 0.0108. The van der Waals surface area contributed by atoms with E-state index in [1.54, 1.807) is 25.3 Å². The lowest BCUT2D eigenvalue weighted by Crippen LogP contribution is -2.12. The third-order valence-electron chi connectivity index (χ3n) is 5.43. The van der Waals surface area contributed by atoms with Crippen LogP contribution in [-0.4, -0.2) is 15.0 Å². The first-order valence-corrected chi connectivity index (χ1v) is 9.64. The number of aryl methyl sites for hydroxylation is 1. The molecular weight excluding hydrogens is 372 g/mol. The number of benzene rings is 1. The molecule has 1 aromatic carbocycles. The number of nitriles is 1. The van der Waals surface area contributed by atoms with Gasteiger partial charge in [0.2, 0.25) is 0 Å². The Morgan fingerprint density at radius 1 is 1.24 bits per heavy atom. The van der Waals surface area contributed by atoms with Crippen molar-refractivity contribution in [1.82, 2.24) is 15.0 Å². The Morgan fingerprint density at radius 3 is 2.72 bits per heavy atom. The van der Waals surface area contributed by atoms with Gasteiger partial charge in [0.1, 0.15) is 11.6 Å². The first kappa shape index (κ1) is 19.2. The van der Waals surface area contributed by atoms with E-state index in [4.69, 9.17) is 0 Å². The molecule has 1 N–H and O–H groups in total. The van der Waals surface area contributed by atoms with Crippen LogP contribution in [0.2, 0.25) is 0 Å². The fourth-order valence-corrected chi connectivity index (χ4v) is 3.41. The molecule has 29 heavy (non-hydrogen) atoms. The van der Waals surface area contributed by atoms with Crippen LogP contribution in [0.5, 0.6) is 0 Å². The molecule has 2 aromatic heterocycles. The molecule has 1 aliphatic rings. The minimum Gasteiger partial charge on any atom is -0.365 e. The predicted molar refractivity (Wildman–Crippen MR) is 107 cm³/mol. The van der Waals surface area contributed by atoms with E-state index in [0.29, 0.717) is 23.8 Å². The van der Waals surface area contributed by atoms with Crippen LogP contribution in [0, 0.1) is 18.3 Å². The maximum absolute atomic E-state index is 14.0. The molecule has 0 spiro atoms. The van der Waals surface area contributed by atoms with E-state index in [-0.39, 0.29) is 12.0 Å². The first-order valence-electron chi connectivity index (χ1n) is 9.64. The minimum atomic E-state index is -2.84. The molecule has 1 aliphatic carbocycles. The fraction of sp³-hybridized carbons (Fsp3) is 0.364. The average Bonchev–Trinajstić information content (AvgIpc) is 3.53. The SMILES string of the molecule is CCC(F)(F)c1cccc(CNc2nc(C)nc3ncc(C4(C#N)CC4)cc23)c1. The van der Waals surface area contributed by atoms with Crippen molar-refractivity contribution in [3.8, 4) is 6.07 Å². The van der Waals surface area contributed by atoms with Gasteiger partial charge in [0.15, 0.2) is 5.65 Å². The maximum Gasteiger partial charge on any atom is 0.273 e. The number of fused-ring (bicyclic) bond motifs is 1. The van der Waals surface area contributed by atoms with E-state index in [2.05, 4.69) is 26.3 Å². The van der Waals surface area contributed by atoms with Gasteiger partial charge in [-0.05, 0) is 43.0 Å². The van der Waals surface area contributed by atoms with Crippen LogP contribution < -0.4 is 5.32 Å². The van der Waals surface area contributed by atoms with Crippen molar-refractivity contribution in [3.05, 3.63) is 59.0 Å². The van der Waals surface area contributed by atoms with Crippen molar-refractivity contribution < 1.29 is 8.78 Å². The second-order valence-electron chi connectivity index (χ2n) is 7.52. The second-order valence-corrected chi connectivity index (χ2v) is 7.52. The third-order valence-corrected chi connectivity index (χ3v) is 5.43. The summed E-state index contributed by atoms with van der Waals surface area (Å²) in [5, 5.41) is 13.4. The lowest BCUT2D eigenvalue weighted by molar-refractivity contribution is -0.00835. The smallest absolute Gasteiger partial charge is 0.273 e. The van der Waals surface area contributed by atoms with Crippen LogP contribution in [0.4, 0.5) is 14.6 Å². The summed E-state index contributed by atoms with van der Waals surface area (Å²) in [6.45, 7) is 3.59. The van der Waals surface area contributed by atoms with Crippen molar-refractivity contribution in [2.24, 2.45) is 0 Å². The largest absolute Gasteiger partial charge is 0.365 e. The molecule has 3 aromatic rings. The molecule has 5 nitrogen and oxygen atoms in total. The van der Waals surface area contributed by atoms with Gasteiger partial charge in [-0.3, -0.25) is 0 Å². The lowest BCUT2D eigenvalue weighted by Gasteiger charge is -2.16. The molecule has 0 radical (unpaired) electrons. The number of hydrogen-bond acceptors (Lipinski definition) is 5. The topological polar surface area (TPSA) is 74.5 Å². The summed E-state index contributed by atoms with van der Waals surface area (Å²) in [7, 11) is 0. The number of rotatable bonds is 6. The fourth-order valence-electron chi connectivity index (χ4n) is 3.41. The number of pyridine rings is 1. The predicted octanol–water partition coefficient (Wildman–Crippen LogP) is 5.00. The Kier molecular flexibility index (Phi) is 4.65. The Balaban J connectivity index is 1.65. The summed E-state index contributed by atoms with van der Waals surface area (Å²) in [6.07, 6.45) is 3.12.